The summed E-state index contributed by atoms with van der Waals surface area (Å²) >= 11 is 0. The zero-order chi connectivity index (χ0) is 20.1. The van der Waals surface area contributed by atoms with Crippen LogP contribution in [0, 0.1) is 0 Å². The predicted molar refractivity (Wildman–Crippen MR) is 108 cm³/mol. The first kappa shape index (κ1) is 19.7. The molecule has 0 aliphatic carbocycles. The van der Waals surface area contributed by atoms with Crippen LogP contribution in [0.5, 0.6) is 5.75 Å². The molecule has 3 rings (SSSR count). The van der Waals surface area contributed by atoms with Gasteiger partial charge in [-0.05, 0) is 31.0 Å². The van der Waals surface area contributed by atoms with Gasteiger partial charge < -0.3 is 14.7 Å². The Morgan fingerprint density at radius 3 is 2.50 bits per heavy atom. The summed E-state index contributed by atoms with van der Waals surface area (Å²) in [6.07, 6.45) is 1.69. The fourth-order valence-corrected chi connectivity index (χ4v) is 3.48. The lowest BCUT2D eigenvalue weighted by Gasteiger charge is -2.25. The van der Waals surface area contributed by atoms with Crippen LogP contribution in [0.4, 0.5) is 0 Å². The average Bonchev–Trinajstić information content (AvgIpc) is 2.97. The van der Waals surface area contributed by atoms with Crippen molar-refractivity contribution < 1.29 is 19.4 Å². The van der Waals surface area contributed by atoms with Crippen molar-refractivity contribution in [3.63, 3.8) is 0 Å². The van der Waals surface area contributed by atoms with E-state index >= 15 is 0 Å². The highest BCUT2D eigenvalue weighted by atomic mass is 16.5. The standard InChI is InChI=1S/C23H25NO4/c1-3-5-14-24-20(16-10-7-6-8-11-16)19(22(26)23(24)27)21(25)17-12-9-13-18(15-17)28-4-2/h6-13,15,20,25H,3-5,14H2,1-2H3/b21-19-. The summed E-state index contributed by atoms with van der Waals surface area (Å²) in [5.74, 6) is -0.787. The number of carbonyl (C=O) groups excluding carboxylic acids is 2. The summed E-state index contributed by atoms with van der Waals surface area (Å²) in [5.41, 5.74) is 1.39. The molecule has 1 heterocycles. The first-order chi connectivity index (χ1) is 13.6. The van der Waals surface area contributed by atoms with Gasteiger partial charge >= 0.3 is 0 Å². The Labute approximate surface area is 165 Å². The maximum Gasteiger partial charge on any atom is 0.295 e. The number of rotatable bonds is 7. The van der Waals surface area contributed by atoms with Crippen LogP contribution in [-0.2, 0) is 9.59 Å². The van der Waals surface area contributed by atoms with E-state index in [1.165, 1.54) is 0 Å². The van der Waals surface area contributed by atoms with E-state index < -0.39 is 17.7 Å². The highest BCUT2D eigenvalue weighted by Gasteiger charge is 2.45. The molecule has 0 spiro atoms. The Hall–Kier alpha value is -3.08. The lowest BCUT2D eigenvalue weighted by molar-refractivity contribution is -0.139. The van der Waals surface area contributed by atoms with Gasteiger partial charge in [-0.15, -0.1) is 0 Å². The Morgan fingerprint density at radius 2 is 1.82 bits per heavy atom. The number of amides is 1. The van der Waals surface area contributed by atoms with Gasteiger partial charge in [0, 0.05) is 12.1 Å². The molecule has 1 atom stereocenters. The number of aliphatic hydroxyl groups excluding tert-OH is 1. The number of likely N-dealkylation sites (tertiary alicyclic amines) is 1. The van der Waals surface area contributed by atoms with Crippen molar-refractivity contribution in [3.8, 4) is 5.75 Å². The number of aliphatic hydroxyl groups is 1. The molecule has 1 unspecified atom stereocenters. The van der Waals surface area contributed by atoms with Crippen molar-refractivity contribution in [1.82, 2.24) is 4.90 Å². The van der Waals surface area contributed by atoms with Crippen molar-refractivity contribution in [2.45, 2.75) is 32.7 Å². The predicted octanol–water partition coefficient (Wildman–Crippen LogP) is 4.31. The molecule has 2 aromatic rings. The number of hydrogen-bond acceptors (Lipinski definition) is 4. The van der Waals surface area contributed by atoms with E-state index in [0.29, 0.717) is 24.5 Å². The number of unbranched alkanes of at least 4 members (excludes halogenated alkanes) is 1. The Bertz CT molecular complexity index is 888. The van der Waals surface area contributed by atoms with E-state index in [0.717, 1.165) is 18.4 Å². The molecule has 0 saturated carbocycles. The first-order valence-electron chi connectivity index (χ1n) is 9.65. The molecule has 28 heavy (non-hydrogen) atoms. The maximum atomic E-state index is 12.8. The smallest absolute Gasteiger partial charge is 0.295 e. The van der Waals surface area contributed by atoms with Crippen LogP contribution < -0.4 is 4.74 Å². The molecule has 1 amide bonds. The van der Waals surface area contributed by atoms with E-state index in [1.54, 1.807) is 29.2 Å². The van der Waals surface area contributed by atoms with Gasteiger partial charge in [0.1, 0.15) is 11.5 Å². The second-order valence-corrected chi connectivity index (χ2v) is 6.72. The SMILES string of the molecule is CCCCN1C(=O)C(=O)/C(=C(\O)c2cccc(OCC)c2)C1c1ccccc1. The van der Waals surface area contributed by atoms with E-state index in [9.17, 15) is 14.7 Å². The second kappa shape index (κ2) is 8.74. The molecule has 5 nitrogen and oxygen atoms in total. The lowest BCUT2D eigenvalue weighted by Crippen LogP contribution is -2.30. The zero-order valence-corrected chi connectivity index (χ0v) is 16.2. The van der Waals surface area contributed by atoms with Crippen molar-refractivity contribution in [2.75, 3.05) is 13.2 Å². The maximum absolute atomic E-state index is 12.8. The van der Waals surface area contributed by atoms with Gasteiger partial charge in [0.25, 0.3) is 11.7 Å². The minimum absolute atomic E-state index is 0.126. The monoisotopic (exact) mass is 379 g/mol. The van der Waals surface area contributed by atoms with Crippen molar-refractivity contribution in [2.24, 2.45) is 0 Å². The fourth-order valence-electron chi connectivity index (χ4n) is 3.48. The summed E-state index contributed by atoms with van der Waals surface area (Å²) in [7, 11) is 0. The molecule has 0 radical (unpaired) electrons. The quantitative estimate of drug-likeness (QED) is 0.442. The normalized spacial score (nSPS) is 18.5. The lowest BCUT2D eigenvalue weighted by atomic mass is 9.95. The van der Waals surface area contributed by atoms with Gasteiger partial charge in [-0.1, -0.05) is 55.8 Å². The van der Waals surface area contributed by atoms with Gasteiger partial charge in [-0.2, -0.15) is 0 Å². The summed E-state index contributed by atoms with van der Waals surface area (Å²) in [6.45, 7) is 4.88. The van der Waals surface area contributed by atoms with Crippen LogP contribution in [0.1, 0.15) is 43.9 Å². The number of hydrogen-bond donors (Lipinski definition) is 1. The third-order valence-corrected chi connectivity index (χ3v) is 4.83. The Morgan fingerprint density at radius 1 is 1.07 bits per heavy atom. The Kier molecular flexibility index (Phi) is 6.14. The number of ketones is 1. The van der Waals surface area contributed by atoms with Crippen molar-refractivity contribution in [1.29, 1.82) is 0 Å². The van der Waals surface area contributed by atoms with Crippen LogP contribution in [0.2, 0.25) is 0 Å². The van der Waals surface area contributed by atoms with Gasteiger partial charge in [-0.25, -0.2) is 0 Å². The first-order valence-corrected chi connectivity index (χ1v) is 9.65. The highest BCUT2D eigenvalue weighted by molar-refractivity contribution is 6.46. The van der Waals surface area contributed by atoms with Crippen LogP contribution >= 0.6 is 0 Å². The molecule has 2 aromatic carbocycles. The molecule has 1 aliphatic heterocycles. The summed E-state index contributed by atoms with van der Waals surface area (Å²) in [4.78, 5) is 27.1. The van der Waals surface area contributed by atoms with Crippen LogP contribution in [0.25, 0.3) is 5.76 Å². The minimum Gasteiger partial charge on any atom is -0.507 e. The van der Waals surface area contributed by atoms with Gasteiger partial charge in [-0.3, -0.25) is 9.59 Å². The fraction of sp³-hybridized carbons (Fsp3) is 0.304. The third kappa shape index (κ3) is 3.79. The van der Waals surface area contributed by atoms with E-state index in [2.05, 4.69) is 0 Å². The molecular formula is C23H25NO4. The molecule has 0 bridgehead atoms. The number of ether oxygens (including phenoxy) is 1. The Balaban J connectivity index is 2.12. The molecule has 1 N–H and O–H groups in total. The van der Waals surface area contributed by atoms with Crippen LogP contribution in [-0.4, -0.2) is 34.8 Å². The van der Waals surface area contributed by atoms with Gasteiger partial charge in [0.2, 0.25) is 0 Å². The summed E-state index contributed by atoms with van der Waals surface area (Å²) in [6, 6.07) is 15.7. The molecule has 5 heteroatoms. The zero-order valence-electron chi connectivity index (χ0n) is 16.2. The van der Waals surface area contributed by atoms with Gasteiger partial charge in [0.15, 0.2) is 0 Å². The van der Waals surface area contributed by atoms with Crippen LogP contribution in [0.15, 0.2) is 60.2 Å². The van der Waals surface area contributed by atoms with E-state index in [4.69, 9.17) is 4.74 Å². The molecule has 1 fully saturated rings. The molecule has 1 saturated heterocycles. The molecule has 146 valence electrons. The van der Waals surface area contributed by atoms with Crippen molar-refractivity contribution >= 4 is 17.4 Å². The minimum atomic E-state index is -0.649. The second-order valence-electron chi connectivity index (χ2n) is 6.72. The number of carbonyl (C=O) groups is 2. The number of nitrogens with zero attached hydrogens (tertiary/aromatic N) is 1. The molecule has 1 aliphatic rings. The van der Waals surface area contributed by atoms with E-state index in [-0.39, 0.29) is 11.3 Å². The average molecular weight is 379 g/mol. The summed E-state index contributed by atoms with van der Waals surface area (Å²) in [5, 5.41) is 11.0. The topological polar surface area (TPSA) is 66.8 Å². The largest absolute Gasteiger partial charge is 0.507 e. The third-order valence-electron chi connectivity index (χ3n) is 4.83. The van der Waals surface area contributed by atoms with Crippen molar-refractivity contribution in [3.05, 3.63) is 71.3 Å². The number of Topliss-reactive ketones (excluding diaryl/α,β-unsaturated/α-hetero) is 1. The van der Waals surface area contributed by atoms with Crippen LogP contribution in [0.3, 0.4) is 0 Å². The molecular weight excluding hydrogens is 354 g/mol. The number of benzene rings is 2. The highest BCUT2D eigenvalue weighted by Crippen LogP contribution is 2.39. The molecule has 0 aromatic heterocycles. The van der Waals surface area contributed by atoms with Gasteiger partial charge in [0.05, 0.1) is 18.2 Å². The summed E-state index contributed by atoms with van der Waals surface area (Å²) < 4.78 is 5.50. The van der Waals surface area contributed by atoms with E-state index in [1.807, 2.05) is 44.2 Å².